The summed E-state index contributed by atoms with van der Waals surface area (Å²) in [5.41, 5.74) is 4.62. The van der Waals surface area contributed by atoms with E-state index in [1.165, 1.54) is 6.92 Å². The van der Waals surface area contributed by atoms with Crippen LogP contribution in [0.5, 0.6) is 0 Å². The first-order chi connectivity index (χ1) is 9.85. The van der Waals surface area contributed by atoms with Gasteiger partial charge in [0.05, 0.1) is 36.9 Å². The summed E-state index contributed by atoms with van der Waals surface area (Å²) >= 11 is 0. The molecule has 9 heteroatoms. The number of hydrogen-bond donors (Lipinski definition) is 1. The molecule has 2 heterocycles. The van der Waals surface area contributed by atoms with Crippen LogP contribution in [0.3, 0.4) is 0 Å². The number of halogens is 2. The lowest BCUT2D eigenvalue weighted by molar-refractivity contribution is -0.415. The van der Waals surface area contributed by atoms with E-state index in [2.05, 4.69) is 4.99 Å². The maximum Gasteiger partial charge on any atom is 0.305 e. The molecule has 1 atom stereocenters. The van der Waals surface area contributed by atoms with Crippen molar-refractivity contribution in [2.45, 2.75) is 31.4 Å². The fourth-order valence-corrected chi connectivity index (χ4v) is 2.47. The highest BCUT2D eigenvalue weighted by Gasteiger charge is 2.47. The van der Waals surface area contributed by atoms with Crippen molar-refractivity contribution in [3.63, 3.8) is 0 Å². The van der Waals surface area contributed by atoms with Gasteiger partial charge in [-0.05, 0) is 13.3 Å². The molecule has 0 amide bonds. The Labute approximate surface area is 120 Å². The van der Waals surface area contributed by atoms with Crippen molar-refractivity contribution in [2.24, 2.45) is 10.7 Å². The summed E-state index contributed by atoms with van der Waals surface area (Å²) in [5.74, 6) is -3.02. The molecule has 0 aliphatic carbocycles. The molecule has 0 saturated carbocycles. The number of hydrogen-bond acceptors (Lipinski definition) is 6. The summed E-state index contributed by atoms with van der Waals surface area (Å²) < 4.78 is 33.3. The lowest BCUT2D eigenvalue weighted by Crippen LogP contribution is -2.59. The number of nitro groups is 1. The van der Waals surface area contributed by atoms with E-state index >= 15 is 0 Å². The number of aliphatic imine (C=N–C) groups is 1. The Hall–Kier alpha value is -1.61. The van der Waals surface area contributed by atoms with Crippen molar-refractivity contribution in [2.75, 3.05) is 26.3 Å². The summed E-state index contributed by atoms with van der Waals surface area (Å²) in [4.78, 5) is 15.5. The van der Waals surface area contributed by atoms with Crippen LogP contribution in [0.2, 0.25) is 0 Å². The minimum absolute atomic E-state index is 0.0418. The molecule has 0 spiro atoms. The van der Waals surface area contributed by atoms with Gasteiger partial charge in [-0.15, -0.1) is 0 Å². The Morgan fingerprint density at radius 1 is 1.57 bits per heavy atom. The smallest absolute Gasteiger partial charge is 0.305 e. The van der Waals surface area contributed by atoms with Gasteiger partial charge in [0, 0.05) is 6.54 Å². The summed E-state index contributed by atoms with van der Waals surface area (Å²) in [7, 11) is 0. The molecule has 0 aromatic rings. The molecule has 1 unspecified atom stereocenters. The van der Waals surface area contributed by atoms with Gasteiger partial charge in [-0.2, -0.15) is 0 Å². The molecular weight excluding hydrogens is 286 g/mol. The third-order valence-corrected chi connectivity index (χ3v) is 3.80. The van der Waals surface area contributed by atoms with E-state index in [1.54, 1.807) is 4.90 Å². The van der Waals surface area contributed by atoms with E-state index in [0.717, 1.165) is 6.20 Å². The van der Waals surface area contributed by atoms with Crippen molar-refractivity contribution in [1.82, 2.24) is 4.90 Å². The Morgan fingerprint density at radius 2 is 2.24 bits per heavy atom. The molecule has 2 aliphatic rings. The van der Waals surface area contributed by atoms with Gasteiger partial charge in [-0.1, -0.05) is 0 Å². The summed E-state index contributed by atoms with van der Waals surface area (Å²) in [6.07, 6.45) is 0.925. The van der Waals surface area contributed by atoms with E-state index in [4.69, 9.17) is 10.5 Å². The van der Waals surface area contributed by atoms with Crippen LogP contribution in [0.25, 0.3) is 0 Å². The fourth-order valence-electron chi connectivity index (χ4n) is 2.47. The van der Waals surface area contributed by atoms with Gasteiger partial charge in [0.15, 0.2) is 0 Å². The van der Waals surface area contributed by atoms with E-state index in [0.29, 0.717) is 19.8 Å². The van der Waals surface area contributed by atoms with Crippen LogP contribution in [0.15, 0.2) is 16.9 Å². The van der Waals surface area contributed by atoms with Crippen LogP contribution in [0.1, 0.15) is 13.3 Å². The summed E-state index contributed by atoms with van der Waals surface area (Å²) in [6.45, 7) is 2.35. The Morgan fingerprint density at radius 3 is 2.67 bits per heavy atom. The van der Waals surface area contributed by atoms with E-state index in [9.17, 15) is 18.9 Å². The van der Waals surface area contributed by atoms with Crippen LogP contribution >= 0.6 is 0 Å². The van der Waals surface area contributed by atoms with Gasteiger partial charge in [-0.25, -0.2) is 8.78 Å². The molecule has 0 aromatic heterocycles. The van der Waals surface area contributed by atoms with Crippen LogP contribution < -0.4 is 5.73 Å². The summed E-state index contributed by atoms with van der Waals surface area (Å²) in [5, 5.41) is 10.7. The molecule has 118 valence electrons. The lowest BCUT2D eigenvalue weighted by Gasteiger charge is -2.43. The molecule has 2 saturated heterocycles. The van der Waals surface area contributed by atoms with Gasteiger partial charge >= 0.3 is 5.70 Å². The number of likely N-dealkylation sites (tertiary alicyclic amines) is 1. The van der Waals surface area contributed by atoms with Gasteiger partial charge in [0.25, 0.3) is 5.92 Å². The highest BCUT2D eigenvalue weighted by Crippen LogP contribution is 2.32. The van der Waals surface area contributed by atoms with Gasteiger partial charge in [0.1, 0.15) is 11.8 Å². The molecule has 2 N–H and O–H groups in total. The first-order valence-electron chi connectivity index (χ1n) is 6.66. The van der Waals surface area contributed by atoms with Gasteiger partial charge < -0.3 is 10.5 Å². The molecule has 0 radical (unpaired) electrons. The van der Waals surface area contributed by atoms with Crippen LogP contribution in [0, 0.1) is 10.1 Å². The van der Waals surface area contributed by atoms with Crippen molar-refractivity contribution in [1.29, 1.82) is 0 Å². The highest BCUT2D eigenvalue weighted by molar-refractivity contribution is 5.96. The Balaban J connectivity index is 2.08. The first kappa shape index (κ1) is 15.8. The maximum atomic E-state index is 14.2. The standard InChI is InChI=1S/C12H18F2N4O3/c1-8(10(4-15)18(19)20)16-11-2-3-17(7-12(11,13)14)9-5-21-6-9/h4,9,11H,2-3,5-7,15H2,1H3. The van der Waals surface area contributed by atoms with E-state index < -0.39 is 29.1 Å². The maximum absolute atomic E-state index is 14.2. The quantitative estimate of drug-likeness (QED) is 0.467. The Kier molecular flexibility index (Phi) is 4.52. The number of alkyl halides is 2. The predicted octanol–water partition coefficient (Wildman–Crippen LogP) is 0.633. The van der Waals surface area contributed by atoms with Gasteiger partial charge in [-0.3, -0.25) is 20.0 Å². The van der Waals surface area contributed by atoms with Crippen LogP contribution in [-0.4, -0.2) is 59.8 Å². The third-order valence-electron chi connectivity index (χ3n) is 3.80. The average molecular weight is 304 g/mol. The predicted molar refractivity (Wildman–Crippen MR) is 71.9 cm³/mol. The number of rotatable bonds is 4. The number of ether oxygens (including phenoxy) is 1. The number of nitrogens with zero attached hydrogens (tertiary/aromatic N) is 3. The molecule has 7 nitrogen and oxygen atoms in total. The molecule has 2 fully saturated rings. The summed E-state index contributed by atoms with van der Waals surface area (Å²) in [6, 6.07) is -1.22. The second-order valence-corrected chi connectivity index (χ2v) is 5.25. The minimum atomic E-state index is -3.02. The second-order valence-electron chi connectivity index (χ2n) is 5.25. The van der Waals surface area contributed by atoms with E-state index in [-0.39, 0.29) is 18.2 Å². The average Bonchev–Trinajstić information content (AvgIpc) is 2.30. The molecule has 0 bridgehead atoms. The normalized spacial score (nSPS) is 28.2. The van der Waals surface area contributed by atoms with Crippen LogP contribution in [0.4, 0.5) is 8.78 Å². The van der Waals surface area contributed by atoms with Crippen LogP contribution in [-0.2, 0) is 4.74 Å². The molecule has 2 rings (SSSR count). The molecular formula is C12H18F2N4O3. The second kappa shape index (κ2) is 6.02. The van der Waals surface area contributed by atoms with E-state index in [1.807, 2.05) is 0 Å². The SMILES string of the molecule is CC(=NC1CCN(C2COC2)CC1(F)F)C(=CN)[N+](=O)[O-]. The zero-order chi connectivity index (χ0) is 15.6. The molecule has 21 heavy (non-hydrogen) atoms. The topological polar surface area (TPSA) is 94.0 Å². The fraction of sp³-hybridized carbons (Fsp3) is 0.750. The number of nitrogens with two attached hydrogens (primary N) is 1. The van der Waals surface area contributed by atoms with Crippen molar-refractivity contribution < 1.29 is 18.4 Å². The van der Waals surface area contributed by atoms with Gasteiger partial charge in [0.2, 0.25) is 0 Å². The third kappa shape index (κ3) is 3.35. The number of piperidine rings is 1. The zero-order valence-electron chi connectivity index (χ0n) is 11.7. The highest BCUT2D eigenvalue weighted by atomic mass is 19.3. The largest absolute Gasteiger partial charge is 0.399 e. The first-order valence-corrected chi connectivity index (χ1v) is 6.66. The minimum Gasteiger partial charge on any atom is -0.399 e. The zero-order valence-corrected chi connectivity index (χ0v) is 11.7. The van der Waals surface area contributed by atoms with Crippen molar-refractivity contribution in [3.05, 3.63) is 22.0 Å². The molecule has 0 aromatic carbocycles. The van der Waals surface area contributed by atoms with Crippen molar-refractivity contribution in [3.8, 4) is 0 Å². The Bertz CT molecular complexity index is 477. The van der Waals surface area contributed by atoms with Crippen molar-refractivity contribution >= 4 is 5.71 Å². The molecule has 2 aliphatic heterocycles. The number of allylic oxidation sites excluding steroid dienone is 1. The lowest BCUT2D eigenvalue weighted by atomic mass is 9.99. The monoisotopic (exact) mass is 304 g/mol.